The second kappa shape index (κ2) is 7.51. The molecule has 0 aromatic rings. The van der Waals surface area contributed by atoms with Crippen LogP contribution < -0.4 is 0 Å². The molecule has 0 atom stereocenters. The third-order valence-corrected chi connectivity index (χ3v) is 3.57. The number of nitrogens with zero attached hydrogens (tertiary/aromatic N) is 1. The molecule has 0 heterocycles. The molecule has 0 aliphatic rings. The molecule has 0 aromatic carbocycles. The van der Waals surface area contributed by atoms with E-state index in [1.165, 1.54) is 0 Å². The van der Waals surface area contributed by atoms with Gasteiger partial charge in [-0.3, -0.25) is 0 Å². The standard InChI is InChI=1S/C8H20NO3P/c1-5-9-13(10-6-2,11-7-3)12-8-4/h5-8H2,1-4H3. The van der Waals surface area contributed by atoms with E-state index in [1.54, 1.807) is 0 Å². The monoisotopic (exact) mass is 209 g/mol. The minimum absolute atomic E-state index is 0.567. The molecule has 0 rings (SSSR count). The van der Waals surface area contributed by atoms with E-state index in [0.29, 0.717) is 26.4 Å². The van der Waals surface area contributed by atoms with E-state index in [2.05, 4.69) is 4.74 Å². The van der Waals surface area contributed by atoms with E-state index in [4.69, 9.17) is 13.6 Å². The molecule has 0 radical (unpaired) electrons. The zero-order valence-corrected chi connectivity index (χ0v) is 9.84. The summed E-state index contributed by atoms with van der Waals surface area (Å²) in [7, 11) is -2.37. The molecular formula is C8H20NO3P. The van der Waals surface area contributed by atoms with E-state index < -0.39 is 7.74 Å². The molecule has 5 heteroatoms. The number of hydrogen-bond acceptors (Lipinski definition) is 4. The first-order valence-corrected chi connectivity index (χ1v) is 6.25. The summed E-state index contributed by atoms with van der Waals surface area (Å²) in [5.74, 6) is 0. The lowest BCUT2D eigenvalue weighted by Gasteiger charge is -2.21. The van der Waals surface area contributed by atoms with E-state index in [-0.39, 0.29) is 0 Å². The fourth-order valence-electron chi connectivity index (χ4n) is 0.897. The first-order chi connectivity index (χ1) is 6.24. The molecule has 0 aliphatic heterocycles. The second-order valence-electron chi connectivity index (χ2n) is 2.18. The second-order valence-corrected chi connectivity index (χ2v) is 4.17. The van der Waals surface area contributed by atoms with Gasteiger partial charge in [-0.1, -0.05) is 0 Å². The molecule has 0 bridgehead atoms. The minimum atomic E-state index is -2.37. The largest absolute Gasteiger partial charge is 0.355 e. The third kappa shape index (κ3) is 4.77. The molecule has 0 unspecified atom stereocenters. The van der Waals surface area contributed by atoms with Crippen LogP contribution in [0.3, 0.4) is 0 Å². The van der Waals surface area contributed by atoms with Crippen molar-refractivity contribution in [2.24, 2.45) is 4.74 Å². The molecule has 4 nitrogen and oxygen atoms in total. The zero-order chi connectivity index (χ0) is 10.2. The van der Waals surface area contributed by atoms with Crippen LogP contribution in [0.25, 0.3) is 0 Å². The maximum Gasteiger partial charge on any atom is 0.355 e. The Bertz CT molecular complexity index is 149. The first kappa shape index (κ1) is 13.1. The number of hydrogen-bond donors (Lipinski definition) is 0. The lowest BCUT2D eigenvalue weighted by Crippen LogP contribution is -2.00. The Balaban J connectivity index is 4.48. The van der Waals surface area contributed by atoms with Gasteiger partial charge in [0.05, 0.1) is 19.8 Å². The average molecular weight is 209 g/mol. The topological polar surface area (TPSA) is 40.0 Å². The molecular weight excluding hydrogens is 189 g/mol. The molecule has 0 aromatic heterocycles. The summed E-state index contributed by atoms with van der Waals surface area (Å²) in [5.41, 5.74) is 0. The highest BCUT2D eigenvalue weighted by Gasteiger charge is 2.20. The van der Waals surface area contributed by atoms with Crippen LogP contribution in [0.15, 0.2) is 4.74 Å². The SMILES string of the molecule is CCN=P(OCC)(OCC)OCC. The van der Waals surface area contributed by atoms with Gasteiger partial charge in [-0.25, -0.2) is 4.74 Å². The maximum absolute atomic E-state index is 5.45. The van der Waals surface area contributed by atoms with E-state index in [9.17, 15) is 0 Å². The summed E-state index contributed by atoms with van der Waals surface area (Å²) >= 11 is 0. The normalized spacial score (nSPS) is 11.7. The Kier molecular flexibility index (Phi) is 7.57. The predicted molar refractivity (Wildman–Crippen MR) is 54.8 cm³/mol. The van der Waals surface area contributed by atoms with Crippen molar-refractivity contribution in [1.29, 1.82) is 0 Å². The Labute approximate surface area is 80.9 Å². The van der Waals surface area contributed by atoms with Gasteiger partial charge in [0.1, 0.15) is 0 Å². The molecule has 0 fully saturated rings. The molecule has 0 aliphatic carbocycles. The van der Waals surface area contributed by atoms with E-state index in [1.807, 2.05) is 27.7 Å². The summed E-state index contributed by atoms with van der Waals surface area (Å²) in [6.07, 6.45) is 0. The molecule has 13 heavy (non-hydrogen) atoms. The van der Waals surface area contributed by atoms with Crippen LogP contribution >= 0.6 is 7.74 Å². The van der Waals surface area contributed by atoms with Crippen LogP contribution in [0, 0.1) is 0 Å². The lowest BCUT2D eigenvalue weighted by molar-refractivity contribution is 0.162. The van der Waals surface area contributed by atoms with Gasteiger partial charge in [-0.05, 0) is 27.7 Å². The van der Waals surface area contributed by atoms with Crippen LogP contribution in [0.4, 0.5) is 0 Å². The smallest absolute Gasteiger partial charge is 0.303 e. The van der Waals surface area contributed by atoms with Gasteiger partial charge in [0.25, 0.3) is 0 Å². The van der Waals surface area contributed by atoms with E-state index in [0.717, 1.165) is 0 Å². The van der Waals surface area contributed by atoms with E-state index >= 15 is 0 Å². The van der Waals surface area contributed by atoms with Crippen LogP contribution in [-0.4, -0.2) is 26.4 Å². The lowest BCUT2D eigenvalue weighted by atomic mass is 10.8. The van der Waals surface area contributed by atoms with Crippen LogP contribution in [0.5, 0.6) is 0 Å². The summed E-state index contributed by atoms with van der Waals surface area (Å²) < 4.78 is 20.6. The molecule has 0 amide bonds. The molecule has 0 N–H and O–H groups in total. The minimum Gasteiger partial charge on any atom is -0.303 e. The van der Waals surface area contributed by atoms with Gasteiger partial charge < -0.3 is 13.6 Å². The Morgan fingerprint density at radius 1 is 0.846 bits per heavy atom. The van der Waals surface area contributed by atoms with Crippen LogP contribution in [0.2, 0.25) is 0 Å². The maximum atomic E-state index is 5.45. The van der Waals surface area contributed by atoms with Gasteiger partial charge in [0, 0.05) is 6.54 Å². The number of rotatable bonds is 7. The van der Waals surface area contributed by atoms with Crippen molar-refractivity contribution in [3.8, 4) is 0 Å². The van der Waals surface area contributed by atoms with Gasteiger partial charge >= 0.3 is 7.74 Å². The fraction of sp³-hybridized carbons (Fsp3) is 1.00. The van der Waals surface area contributed by atoms with Gasteiger partial charge in [0.2, 0.25) is 0 Å². The van der Waals surface area contributed by atoms with Crippen molar-refractivity contribution in [3.63, 3.8) is 0 Å². The van der Waals surface area contributed by atoms with Crippen molar-refractivity contribution in [1.82, 2.24) is 0 Å². The summed E-state index contributed by atoms with van der Waals surface area (Å²) in [6, 6.07) is 0. The fourth-order valence-corrected chi connectivity index (χ4v) is 2.69. The third-order valence-electron chi connectivity index (χ3n) is 1.19. The predicted octanol–water partition coefficient (Wildman–Crippen LogP) is 3.06. The highest BCUT2D eigenvalue weighted by molar-refractivity contribution is 7.51. The highest BCUT2D eigenvalue weighted by atomic mass is 31.2. The van der Waals surface area contributed by atoms with Crippen molar-refractivity contribution in [2.45, 2.75) is 27.7 Å². The summed E-state index contributed by atoms with van der Waals surface area (Å²) in [4.78, 5) is 0. The average Bonchev–Trinajstić information content (AvgIpc) is 2.06. The zero-order valence-electron chi connectivity index (χ0n) is 8.95. The summed E-state index contributed by atoms with van der Waals surface area (Å²) in [6.45, 7) is 10.1. The Morgan fingerprint density at radius 2 is 1.23 bits per heavy atom. The van der Waals surface area contributed by atoms with Crippen LogP contribution in [0.1, 0.15) is 27.7 Å². The van der Waals surface area contributed by atoms with Gasteiger partial charge in [0.15, 0.2) is 0 Å². The van der Waals surface area contributed by atoms with Crippen molar-refractivity contribution in [3.05, 3.63) is 0 Å². The Hall–Kier alpha value is 0.110. The molecule has 0 saturated carbocycles. The van der Waals surface area contributed by atoms with Crippen LogP contribution in [-0.2, 0) is 13.6 Å². The molecule has 0 saturated heterocycles. The van der Waals surface area contributed by atoms with Crippen molar-refractivity contribution in [2.75, 3.05) is 26.4 Å². The van der Waals surface area contributed by atoms with Crippen molar-refractivity contribution >= 4 is 7.74 Å². The first-order valence-electron chi connectivity index (χ1n) is 4.76. The van der Waals surface area contributed by atoms with Gasteiger partial charge in [-0.15, -0.1) is 0 Å². The highest BCUT2D eigenvalue weighted by Crippen LogP contribution is 2.52. The molecule has 0 spiro atoms. The quantitative estimate of drug-likeness (QED) is 0.605. The van der Waals surface area contributed by atoms with Gasteiger partial charge in [-0.2, -0.15) is 0 Å². The molecule has 80 valence electrons. The summed E-state index contributed by atoms with van der Waals surface area (Å²) in [5, 5.41) is 0. The Morgan fingerprint density at radius 3 is 1.46 bits per heavy atom. The van der Waals surface area contributed by atoms with Crippen molar-refractivity contribution < 1.29 is 13.6 Å².